The molecule has 1 aliphatic rings. The third kappa shape index (κ3) is 3.11. The predicted octanol–water partition coefficient (Wildman–Crippen LogP) is 3.79. The van der Waals surface area contributed by atoms with Crippen molar-refractivity contribution in [2.45, 2.75) is 38.2 Å². The van der Waals surface area contributed by atoms with Crippen molar-refractivity contribution >= 4 is 28.7 Å². The number of hydrogen-bond acceptors (Lipinski definition) is 6. The van der Waals surface area contributed by atoms with E-state index in [-0.39, 0.29) is 28.3 Å². The summed E-state index contributed by atoms with van der Waals surface area (Å²) in [7, 11) is 0. The molecular formula is C21H18ClFN4O3. The Kier molecular flexibility index (Phi) is 5.18. The van der Waals surface area contributed by atoms with E-state index in [1.54, 1.807) is 30.3 Å². The van der Waals surface area contributed by atoms with Gasteiger partial charge in [0.1, 0.15) is 5.52 Å². The Hall–Kier alpha value is -3.02. The first-order valence-corrected chi connectivity index (χ1v) is 9.76. The maximum Gasteiger partial charge on any atom is 0.339 e. The summed E-state index contributed by atoms with van der Waals surface area (Å²) in [6.45, 7) is 3.79. The normalized spacial score (nSPS) is 25.9. The monoisotopic (exact) mass is 428 g/mol. The number of carbonyl (C=O) groups is 1. The molecule has 0 unspecified atom stereocenters. The molecule has 0 saturated carbocycles. The van der Waals surface area contributed by atoms with Crippen LogP contribution in [0, 0.1) is 24.3 Å². The van der Waals surface area contributed by atoms with Gasteiger partial charge in [-0.15, -0.1) is 6.42 Å². The molecule has 0 bridgehead atoms. The Morgan fingerprint density at radius 3 is 2.80 bits per heavy atom. The van der Waals surface area contributed by atoms with Crippen LogP contribution in [0.2, 0.25) is 5.15 Å². The summed E-state index contributed by atoms with van der Waals surface area (Å²) in [5.41, 5.74) is -0.842. The van der Waals surface area contributed by atoms with Gasteiger partial charge in [0.2, 0.25) is 5.60 Å². The summed E-state index contributed by atoms with van der Waals surface area (Å²) in [6.07, 6.45) is 5.63. The average Bonchev–Trinajstić information content (AvgIpc) is 3.28. The number of halogens is 2. The molecule has 0 aliphatic carbocycles. The largest absolute Gasteiger partial charge is 0.437 e. The number of fused-ring (bicyclic) bond motifs is 1. The van der Waals surface area contributed by atoms with Gasteiger partial charge in [-0.2, -0.15) is 14.4 Å². The number of aromatic nitrogens is 4. The lowest BCUT2D eigenvalue weighted by molar-refractivity contribution is -0.0754. The lowest BCUT2D eigenvalue weighted by Crippen LogP contribution is -2.44. The fourth-order valence-corrected chi connectivity index (χ4v) is 4.00. The van der Waals surface area contributed by atoms with Crippen molar-refractivity contribution in [3.8, 4) is 12.3 Å². The molecule has 3 heterocycles. The maximum absolute atomic E-state index is 13.9. The van der Waals surface area contributed by atoms with Crippen molar-refractivity contribution in [2.24, 2.45) is 5.92 Å². The van der Waals surface area contributed by atoms with Gasteiger partial charge in [0, 0.05) is 5.92 Å². The highest BCUT2D eigenvalue weighted by atomic mass is 35.5. The summed E-state index contributed by atoms with van der Waals surface area (Å²) >= 11 is 6.00. The number of terminal acetylenes is 1. The molecule has 9 heteroatoms. The van der Waals surface area contributed by atoms with Crippen LogP contribution in [0.15, 0.2) is 36.7 Å². The van der Waals surface area contributed by atoms with Crippen molar-refractivity contribution in [3.05, 3.63) is 53.5 Å². The standard InChI is InChI=1S/C21H18ClFN4O3/c1-4-14-12(3)21(5-2,30-18(28)13-9-7-6-8-10-13)19(29-14)27-11-24-15-16(22)25-20(23)26-17(15)27/h2,6-12,14,19H,4H2,1,3H3/t12-,14-,19-,21-/m1/s1. The van der Waals surface area contributed by atoms with Crippen molar-refractivity contribution in [2.75, 3.05) is 0 Å². The Balaban J connectivity index is 1.83. The number of ether oxygens (including phenoxy) is 2. The van der Waals surface area contributed by atoms with Gasteiger partial charge >= 0.3 is 12.0 Å². The quantitative estimate of drug-likeness (QED) is 0.272. The highest BCUT2D eigenvalue weighted by molar-refractivity contribution is 6.33. The van der Waals surface area contributed by atoms with Crippen LogP contribution >= 0.6 is 11.6 Å². The van der Waals surface area contributed by atoms with Gasteiger partial charge in [0.15, 0.2) is 17.0 Å². The number of esters is 1. The van der Waals surface area contributed by atoms with E-state index >= 15 is 0 Å². The van der Waals surface area contributed by atoms with Gasteiger partial charge in [-0.1, -0.05) is 49.6 Å². The second-order valence-corrected chi connectivity index (χ2v) is 7.38. The first-order chi connectivity index (χ1) is 14.4. The van der Waals surface area contributed by atoms with Crippen molar-refractivity contribution in [1.29, 1.82) is 0 Å². The van der Waals surface area contributed by atoms with E-state index in [1.165, 1.54) is 10.9 Å². The lowest BCUT2D eigenvalue weighted by atomic mass is 9.85. The molecule has 3 aromatic rings. The molecule has 4 atom stereocenters. The van der Waals surface area contributed by atoms with E-state index in [9.17, 15) is 9.18 Å². The minimum Gasteiger partial charge on any atom is -0.437 e. The van der Waals surface area contributed by atoms with Crippen molar-refractivity contribution < 1.29 is 18.7 Å². The molecule has 154 valence electrons. The van der Waals surface area contributed by atoms with Crippen molar-refractivity contribution in [3.63, 3.8) is 0 Å². The fraction of sp³-hybridized carbons (Fsp3) is 0.333. The van der Waals surface area contributed by atoms with E-state index in [2.05, 4.69) is 20.9 Å². The smallest absolute Gasteiger partial charge is 0.339 e. The maximum atomic E-state index is 13.9. The first kappa shape index (κ1) is 20.3. The number of imidazole rings is 1. The Labute approximate surface area is 177 Å². The lowest BCUT2D eigenvalue weighted by Gasteiger charge is -2.32. The Morgan fingerprint density at radius 1 is 1.40 bits per heavy atom. The molecule has 4 rings (SSSR count). The van der Waals surface area contributed by atoms with Crippen LogP contribution in [0.5, 0.6) is 0 Å². The van der Waals surface area contributed by atoms with E-state index < -0.39 is 23.9 Å². The molecule has 0 spiro atoms. The molecule has 0 N–H and O–H groups in total. The highest BCUT2D eigenvalue weighted by Crippen LogP contribution is 2.47. The topological polar surface area (TPSA) is 79.1 Å². The number of benzene rings is 1. The summed E-state index contributed by atoms with van der Waals surface area (Å²) in [6, 6.07) is 8.51. The van der Waals surface area contributed by atoms with E-state index in [0.29, 0.717) is 12.0 Å². The molecule has 30 heavy (non-hydrogen) atoms. The molecule has 1 aromatic carbocycles. The van der Waals surface area contributed by atoms with Crippen LogP contribution in [-0.4, -0.2) is 37.2 Å². The van der Waals surface area contributed by atoms with Crippen LogP contribution in [0.1, 0.15) is 36.9 Å². The fourth-order valence-electron chi connectivity index (χ4n) is 3.80. The van der Waals surface area contributed by atoms with Gasteiger partial charge < -0.3 is 9.47 Å². The van der Waals surface area contributed by atoms with Crippen LogP contribution in [0.4, 0.5) is 4.39 Å². The minimum atomic E-state index is -1.48. The third-order valence-corrected chi connectivity index (χ3v) is 5.67. The minimum absolute atomic E-state index is 0.0943. The molecule has 7 nitrogen and oxygen atoms in total. The first-order valence-electron chi connectivity index (χ1n) is 9.38. The third-order valence-electron chi connectivity index (χ3n) is 5.41. The SMILES string of the molecule is C#C[C@@]1(OC(=O)c2ccccc2)[C@H](C)[C@@H](CC)O[C@H]1n1cnc2c(Cl)nc(F)nc21. The number of hydrogen-bond donors (Lipinski definition) is 0. The summed E-state index contributed by atoms with van der Waals surface area (Å²) in [5.74, 6) is 1.69. The zero-order valence-electron chi connectivity index (χ0n) is 16.3. The zero-order valence-corrected chi connectivity index (χ0v) is 17.0. The van der Waals surface area contributed by atoms with Gasteiger partial charge in [-0.3, -0.25) is 4.57 Å². The molecule has 0 amide bonds. The van der Waals surface area contributed by atoms with Crippen LogP contribution in [0.3, 0.4) is 0 Å². The molecule has 2 aromatic heterocycles. The average molecular weight is 429 g/mol. The highest BCUT2D eigenvalue weighted by Gasteiger charge is 2.57. The number of nitrogens with zero attached hydrogens (tertiary/aromatic N) is 4. The Morgan fingerprint density at radius 2 is 2.13 bits per heavy atom. The molecule has 1 fully saturated rings. The Bertz CT molecular complexity index is 1150. The van der Waals surface area contributed by atoms with Crippen LogP contribution in [-0.2, 0) is 9.47 Å². The second kappa shape index (κ2) is 7.67. The van der Waals surface area contributed by atoms with E-state index in [4.69, 9.17) is 27.5 Å². The summed E-state index contributed by atoms with van der Waals surface area (Å²) in [4.78, 5) is 24.3. The second-order valence-electron chi connectivity index (χ2n) is 7.02. The van der Waals surface area contributed by atoms with Gasteiger partial charge in [0.25, 0.3) is 0 Å². The number of carbonyl (C=O) groups excluding carboxylic acids is 1. The zero-order chi connectivity index (χ0) is 21.5. The molecule has 1 saturated heterocycles. The molecule has 1 aliphatic heterocycles. The van der Waals surface area contributed by atoms with Gasteiger partial charge in [-0.05, 0) is 18.6 Å². The van der Waals surface area contributed by atoms with Gasteiger partial charge in [-0.25, -0.2) is 9.78 Å². The van der Waals surface area contributed by atoms with Crippen LogP contribution in [0.25, 0.3) is 11.2 Å². The van der Waals surface area contributed by atoms with E-state index in [1.807, 2.05) is 13.8 Å². The summed E-state index contributed by atoms with van der Waals surface area (Å²) in [5, 5.41) is -0.137. The molecular weight excluding hydrogens is 411 g/mol. The summed E-state index contributed by atoms with van der Waals surface area (Å²) < 4.78 is 27.4. The van der Waals surface area contributed by atoms with Crippen molar-refractivity contribution in [1.82, 2.24) is 19.5 Å². The van der Waals surface area contributed by atoms with Gasteiger partial charge in [0.05, 0.1) is 18.0 Å². The van der Waals surface area contributed by atoms with Crippen LogP contribution < -0.4 is 0 Å². The predicted molar refractivity (Wildman–Crippen MR) is 107 cm³/mol. The molecule has 0 radical (unpaired) electrons. The van der Waals surface area contributed by atoms with E-state index in [0.717, 1.165) is 0 Å². The number of rotatable bonds is 4.